The fraction of sp³-hybridized carbons (Fsp3) is 0.192. The molecule has 1 aliphatic heterocycles. The number of nitrogens with zero attached hydrogens (tertiary/aromatic N) is 3. The molecule has 6 heteroatoms. The first kappa shape index (κ1) is 21.3. The van der Waals surface area contributed by atoms with Crippen LogP contribution >= 0.6 is 0 Å². The lowest BCUT2D eigenvalue weighted by Gasteiger charge is -2.39. The van der Waals surface area contributed by atoms with E-state index in [4.69, 9.17) is 5.26 Å². The monoisotopic (exact) mass is 424 g/mol. The zero-order chi connectivity index (χ0) is 22.3. The Kier molecular flexibility index (Phi) is 6.59. The number of rotatable bonds is 4. The normalized spacial score (nSPS) is 14.1. The van der Waals surface area contributed by atoms with Crippen LogP contribution in [0.5, 0.6) is 0 Å². The highest BCUT2D eigenvalue weighted by molar-refractivity contribution is 6.39. The molecule has 160 valence electrons. The highest BCUT2D eigenvalue weighted by Gasteiger charge is 2.30. The van der Waals surface area contributed by atoms with Gasteiger partial charge in [0.05, 0.1) is 17.7 Å². The van der Waals surface area contributed by atoms with Gasteiger partial charge in [-0.25, -0.2) is 0 Å². The van der Waals surface area contributed by atoms with Gasteiger partial charge in [0, 0.05) is 31.9 Å². The minimum absolute atomic E-state index is 0.0992. The molecule has 1 N–H and O–H groups in total. The summed E-state index contributed by atoms with van der Waals surface area (Å²) in [5.41, 5.74) is 3.40. The van der Waals surface area contributed by atoms with Crippen molar-refractivity contribution in [1.29, 1.82) is 5.26 Å². The number of hydrogen-bond donors (Lipinski definition) is 1. The van der Waals surface area contributed by atoms with Crippen LogP contribution in [0, 0.1) is 11.3 Å². The Hall–Kier alpha value is -3.95. The lowest BCUT2D eigenvalue weighted by Crippen LogP contribution is -2.52. The molecular weight excluding hydrogens is 400 g/mol. The van der Waals surface area contributed by atoms with Crippen molar-refractivity contribution in [1.82, 2.24) is 9.80 Å². The van der Waals surface area contributed by atoms with Crippen molar-refractivity contribution >= 4 is 17.5 Å². The van der Waals surface area contributed by atoms with Crippen LogP contribution in [0.2, 0.25) is 0 Å². The van der Waals surface area contributed by atoms with E-state index < -0.39 is 11.8 Å². The van der Waals surface area contributed by atoms with Crippen LogP contribution < -0.4 is 5.32 Å². The van der Waals surface area contributed by atoms with Crippen LogP contribution in [0.1, 0.15) is 22.7 Å². The van der Waals surface area contributed by atoms with Gasteiger partial charge in [-0.3, -0.25) is 14.5 Å². The van der Waals surface area contributed by atoms with E-state index in [9.17, 15) is 9.59 Å². The number of benzene rings is 3. The Morgan fingerprint density at radius 3 is 1.81 bits per heavy atom. The number of carbonyl (C=O) groups excluding carboxylic acids is 2. The van der Waals surface area contributed by atoms with Gasteiger partial charge in [-0.05, 0) is 35.4 Å². The van der Waals surface area contributed by atoms with Gasteiger partial charge in [0.1, 0.15) is 0 Å². The molecule has 0 aliphatic carbocycles. The van der Waals surface area contributed by atoms with Crippen molar-refractivity contribution in [2.24, 2.45) is 0 Å². The summed E-state index contributed by atoms with van der Waals surface area (Å²) < 4.78 is 0. The van der Waals surface area contributed by atoms with E-state index in [1.54, 1.807) is 29.2 Å². The van der Waals surface area contributed by atoms with Crippen LogP contribution in [0.15, 0.2) is 84.9 Å². The molecule has 0 atom stereocenters. The lowest BCUT2D eigenvalue weighted by atomic mass is 9.96. The third-order valence-corrected chi connectivity index (χ3v) is 5.66. The van der Waals surface area contributed by atoms with Gasteiger partial charge in [0.15, 0.2) is 0 Å². The molecule has 0 spiro atoms. The van der Waals surface area contributed by atoms with Crippen molar-refractivity contribution in [2.75, 3.05) is 31.5 Å². The molecule has 0 bridgehead atoms. The predicted molar refractivity (Wildman–Crippen MR) is 123 cm³/mol. The largest absolute Gasteiger partial charge is 0.332 e. The van der Waals surface area contributed by atoms with Crippen molar-refractivity contribution in [3.63, 3.8) is 0 Å². The molecular formula is C26H24N4O2. The summed E-state index contributed by atoms with van der Waals surface area (Å²) in [6.07, 6.45) is 0. The molecule has 3 aromatic rings. The fourth-order valence-electron chi connectivity index (χ4n) is 4.02. The number of carbonyl (C=O) groups is 2. The Labute approximate surface area is 187 Å². The molecule has 0 aromatic heterocycles. The van der Waals surface area contributed by atoms with Gasteiger partial charge in [-0.15, -0.1) is 0 Å². The quantitative estimate of drug-likeness (QED) is 0.651. The highest BCUT2D eigenvalue weighted by atomic mass is 16.2. The number of piperazine rings is 1. The molecule has 1 saturated heterocycles. The molecule has 4 rings (SSSR count). The Bertz CT molecular complexity index is 1060. The first-order chi connectivity index (χ1) is 15.7. The summed E-state index contributed by atoms with van der Waals surface area (Å²) in [7, 11) is 0. The minimum Gasteiger partial charge on any atom is -0.332 e. The first-order valence-electron chi connectivity index (χ1n) is 10.6. The second-order valence-corrected chi connectivity index (χ2v) is 7.70. The molecule has 0 radical (unpaired) electrons. The summed E-state index contributed by atoms with van der Waals surface area (Å²) >= 11 is 0. The third-order valence-electron chi connectivity index (χ3n) is 5.66. The van der Waals surface area contributed by atoms with Crippen molar-refractivity contribution < 1.29 is 9.59 Å². The van der Waals surface area contributed by atoms with Gasteiger partial charge < -0.3 is 10.2 Å². The topological polar surface area (TPSA) is 76.4 Å². The molecule has 3 aromatic carbocycles. The van der Waals surface area contributed by atoms with Gasteiger partial charge in [0.2, 0.25) is 0 Å². The summed E-state index contributed by atoms with van der Waals surface area (Å²) in [6, 6.07) is 29.2. The molecule has 32 heavy (non-hydrogen) atoms. The van der Waals surface area contributed by atoms with Gasteiger partial charge in [-0.2, -0.15) is 5.26 Å². The van der Waals surface area contributed by atoms with Crippen LogP contribution in [-0.4, -0.2) is 47.8 Å². The zero-order valence-corrected chi connectivity index (χ0v) is 17.6. The summed E-state index contributed by atoms with van der Waals surface area (Å²) in [4.78, 5) is 29.1. The van der Waals surface area contributed by atoms with Crippen molar-refractivity contribution in [2.45, 2.75) is 6.04 Å². The second kappa shape index (κ2) is 9.90. The molecule has 1 heterocycles. The maximum absolute atomic E-state index is 12.7. The lowest BCUT2D eigenvalue weighted by molar-refractivity contribution is -0.144. The van der Waals surface area contributed by atoms with Crippen LogP contribution in [0.4, 0.5) is 5.69 Å². The first-order valence-corrected chi connectivity index (χ1v) is 10.6. The minimum atomic E-state index is -0.661. The van der Waals surface area contributed by atoms with Crippen LogP contribution in [0.3, 0.4) is 0 Å². The average Bonchev–Trinajstić information content (AvgIpc) is 2.86. The fourth-order valence-corrected chi connectivity index (χ4v) is 4.02. The van der Waals surface area contributed by atoms with E-state index >= 15 is 0 Å². The number of hydrogen-bond acceptors (Lipinski definition) is 4. The summed E-state index contributed by atoms with van der Waals surface area (Å²) in [5.74, 6) is -1.20. The third kappa shape index (κ3) is 4.85. The van der Waals surface area contributed by atoms with E-state index in [-0.39, 0.29) is 6.04 Å². The molecule has 1 aliphatic rings. The average molecular weight is 425 g/mol. The summed E-state index contributed by atoms with van der Waals surface area (Å²) in [5, 5.41) is 11.5. The number of amides is 2. The van der Waals surface area contributed by atoms with E-state index in [1.165, 1.54) is 11.1 Å². The summed E-state index contributed by atoms with van der Waals surface area (Å²) in [6.45, 7) is 2.31. The van der Waals surface area contributed by atoms with Gasteiger partial charge in [0.25, 0.3) is 0 Å². The number of nitrogens with one attached hydrogen (secondary N) is 1. The second-order valence-electron chi connectivity index (χ2n) is 7.70. The maximum atomic E-state index is 12.7. The Morgan fingerprint density at radius 2 is 1.31 bits per heavy atom. The van der Waals surface area contributed by atoms with E-state index in [1.807, 2.05) is 42.5 Å². The van der Waals surface area contributed by atoms with Crippen LogP contribution in [-0.2, 0) is 9.59 Å². The number of nitriles is 1. The predicted octanol–water partition coefficient (Wildman–Crippen LogP) is 3.43. The van der Waals surface area contributed by atoms with Crippen molar-refractivity contribution in [3.8, 4) is 6.07 Å². The smallest absolute Gasteiger partial charge is 0.313 e. The van der Waals surface area contributed by atoms with Crippen molar-refractivity contribution in [3.05, 3.63) is 102 Å². The Morgan fingerprint density at radius 1 is 0.781 bits per heavy atom. The Balaban J connectivity index is 1.41. The van der Waals surface area contributed by atoms with E-state index in [0.29, 0.717) is 37.4 Å². The van der Waals surface area contributed by atoms with E-state index in [0.717, 1.165) is 0 Å². The standard InChI is InChI=1S/C26H24N4O2/c27-19-20-11-13-23(14-12-20)28-25(31)26(32)30-17-15-29(16-18-30)24(21-7-3-1-4-8-21)22-9-5-2-6-10-22/h1-14,24H,15-18H2,(H,28,31). The number of anilines is 1. The highest BCUT2D eigenvalue weighted by Crippen LogP contribution is 2.29. The van der Waals surface area contributed by atoms with Crippen LogP contribution in [0.25, 0.3) is 0 Å². The SMILES string of the molecule is N#Cc1ccc(NC(=O)C(=O)N2CCN(C(c3ccccc3)c3ccccc3)CC2)cc1. The van der Waals surface area contributed by atoms with Gasteiger partial charge >= 0.3 is 11.8 Å². The van der Waals surface area contributed by atoms with E-state index in [2.05, 4.69) is 34.5 Å². The maximum Gasteiger partial charge on any atom is 0.313 e. The molecule has 1 fully saturated rings. The molecule has 2 amide bonds. The molecule has 0 saturated carbocycles. The zero-order valence-electron chi connectivity index (χ0n) is 17.6. The molecule has 6 nitrogen and oxygen atoms in total. The molecule has 0 unspecified atom stereocenters. The van der Waals surface area contributed by atoms with Gasteiger partial charge in [-0.1, -0.05) is 60.7 Å².